The molecule has 22 heavy (non-hydrogen) atoms. The molecule has 2 N–H and O–H groups in total. The van der Waals surface area contributed by atoms with Gasteiger partial charge in [-0.2, -0.15) is 0 Å². The van der Waals surface area contributed by atoms with Crippen LogP contribution in [0.15, 0.2) is 39.9 Å². The number of anilines is 1. The number of amides is 1. The van der Waals surface area contributed by atoms with Crippen LogP contribution in [0.1, 0.15) is 16.7 Å². The topological polar surface area (TPSA) is 62.2 Å². The summed E-state index contributed by atoms with van der Waals surface area (Å²) in [6.07, 6.45) is 5.09. The molecule has 0 saturated carbocycles. The summed E-state index contributed by atoms with van der Waals surface area (Å²) >= 11 is 6.56. The van der Waals surface area contributed by atoms with E-state index in [9.17, 15) is 9.90 Å². The molecule has 0 fully saturated rings. The third-order valence-corrected chi connectivity index (χ3v) is 4.47. The molecule has 2 heterocycles. The Bertz CT molecular complexity index is 821. The Morgan fingerprint density at radius 1 is 1.18 bits per heavy atom. The molecular weight excluding hydrogens is 412 g/mol. The van der Waals surface area contributed by atoms with Gasteiger partial charge < -0.3 is 10.4 Å². The van der Waals surface area contributed by atoms with Gasteiger partial charge in [0.1, 0.15) is 11.6 Å². The Morgan fingerprint density at radius 2 is 1.86 bits per heavy atom. The molecule has 1 aromatic heterocycles. The molecule has 4 nitrogen and oxygen atoms in total. The van der Waals surface area contributed by atoms with Crippen molar-refractivity contribution in [2.75, 3.05) is 5.32 Å². The number of pyridine rings is 1. The van der Waals surface area contributed by atoms with Crippen molar-refractivity contribution in [3.05, 3.63) is 56.6 Å². The summed E-state index contributed by atoms with van der Waals surface area (Å²) in [6, 6.07) is 5.34. The number of aromatic nitrogens is 1. The maximum absolute atomic E-state index is 12.2. The third-order valence-electron chi connectivity index (χ3n) is 3.26. The maximum atomic E-state index is 12.2. The molecule has 1 amide bonds. The van der Waals surface area contributed by atoms with Gasteiger partial charge in [-0.15, -0.1) is 0 Å². The van der Waals surface area contributed by atoms with Crippen molar-refractivity contribution < 1.29 is 9.90 Å². The van der Waals surface area contributed by atoms with Gasteiger partial charge in [0.05, 0.1) is 14.5 Å². The van der Waals surface area contributed by atoms with Crippen LogP contribution in [0.25, 0.3) is 17.7 Å². The highest BCUT2D eigenvalue weighted by Crippen LogP contribution is 2.36. The number of hydrogen-bond acceptors (Lipinski definition) is 3. The molecule has 110 valence electrons. The summed E-state index contributed by atoms with van der Waals surface area (Å²) in [5, 5.41) is 12.5. The second-order valence-electron chi connectivity index (χ2n) is 4.71. The number of nitrogens with zero attached hydrogens (tertiary/aromatic N) is 1. The number of carbonyl (C=O) groups is 1. The van der Waals surface area contributed by atoms with Crippen LogP contribution in [0, 0.1) is 0 Å². The van der Waals surface area contributed by atoms with Gasteiger partial charge in [-0.05, 0) is 67.3 Å². The largest absolute Gasteiger partial charge is 0.506 e. The molecule has 0 atom stereocenters. The van der Waals surface area contributed by atoms with E-state index in [1.807, 2.05) is 6.07 Å². The van der Waals surface area contributed by atoms with Crippen LogP contribution >= 0.6 is 31.9 Å². The van der Waals surface area contributed by atoms with Crippen molar-refractivity contribution in [1.82, 2.24) is 4.98 Å². The SMILES string of the molecule is C=Cc1cnc2c(c1)C(=Cc1cc(Br)c(O)c(Br)c1)C(=O)N2. The fourth-order valence-corrected chi connectivity index (χ4v) is 3.39. The highest BCUT2D eigenvalue weighted by molar-refractivity contribution is 9.11. The Morgan fingerprint density at radius 3 is 2.50 bits per heavy atom. The fourth-order valence-electron chi connectivity index (χ4n) is 2.17. The van der Waals surface area contributed by atoms with Gasteiger partial charge in [0, 0.05) is 11.8 Å². The number of phenols is 1. The fraction of sp³-hybridized carbons (Fsp3) is 0. The van der Waals surface area contributed by atoms with Gasteiger partial charge in [-0.1, -0.05) is 12.7 Å². The normalized spacial score (nSPS) is 14.8. The zero-order chi connectivity index (χ0) is 15.9. The summed E-state index contributed by atoms with van der Waals surface area (Å²) in [6.45, 7) is 3.71. The molecule has 6 heteroatoms. The molecule has 0 radical (unpaired) electrons. The number of benzene rings is 1. The first-order valence-corrected chi connectivity index (χ1v) is 7.92. The summed E-state index contributed by atoms with van der Waals surface area (Å²) in [5.41, 5.74) is 2.88. The Labute approximate surface area is 143 Å². The second kappa shape index (κ2) is 5.70. The lowest BCUT2D eigenvalue weighted by Gasteiger charge is -2.04. The van der Waals surface area contributed by atoms with E-state index in [0.717, 1.165) is 16.7 Å². The Hall–Kier alpha value is -1.92. The van der Waals surface area contributed by atoms with E-state index in [1.54, 1.807) is 30.5 Å². The number of phenolic OH excluding ortho intramolecular Hbond substituents is 1. The van der Waals surface area contributed by atoms with E-state index < -0.39 is 0 Å². The van der Waals surface area contributed by atoms with Crippen molar-refractivity contribution in [2.45, 2.75) is 0 Å². The van der Waals surface area contributed by atoms with Crippen LogP contribution < -0.4 is 5.32 Å². The number of hydrogen-bond donors (Lipinski definition) is 2. The highest BCUT2D eigenvalue weighted by Gasteiger charge is 2.25. The van der Waals surface area contributed by atoms with Gasteiger partial charge in [0.15, 0.2) is 0 Å². The minimum absolute atomic E-state index is 0.119. The summed E-state index contributed by atoms with van der Waals surface area (Å²) in [7, 11) is 0. The molecule has 0 bridgehead atoms. The first-order chi connectivity index (χ1) is 10.5. The molecule has 0 unspecified atom stereocenters. The Balaban J connectivity index is 2.13. The number of nitrogens with one attached hydrogen (secondary N) is 1. The van der Waals surface area contributed by atoms with Crippen molar-refractivity contribution in [1.29, 1.82) is 0 Å². The number of carbonyl (C=O) groups excluding carboxylic acids is 1. The number of fused-ring (bicyclic) bond motifs is 1. The number of halogens is 2. The Kier molecular flexibility index (Phi) is 3.88. The van der Waals surface area contributed by atoms with Crippen LogP contribution in [0.5, 0.6) is 5.75 Å². The lowest BCUT2D eigenvalue weighted by Crippen LogP contribution is -2.04. The van der Waals surface area contributed by atoms with Gasteiger partial charge >= 0.3 is 0 Å². The van der Waals surface area contributed by atoms with Crippen LogP contribution in [0.3, 0.4) is 0 Å². The predicted molar refractivity (Wildman–Crippen MR) is 94.3 cm³/mol. The van der Waals surface area contributed by atoms with Crippen molar-refractivity contribution in [2.24, 2.45) is 0 Å². The van der Waals surface area contributed by atoms with E-state index in [1.165, 1.54) is 0 Å². The smallest absolute Gasteiger partial charge is 0.257 e. The van der Waals surface area contributed by atoms with E-state index >= 15 is 0 Å². The van der Waals surface area contributed by atoms with Gasteiger partial charge in [0.25, 0.3) is 5.91 Å². The molecule has 0 aliphatic carbocycles. The molecule has 0 spiro atoms. The average Bonchev–Trinajstić information content (AvgIpc) is 2.80. The van der Waals surface area contributed by atoms with Gasteiger partial charge in [-0.3, -0.25) is 4.79 Å². The zero-order valence-electron chi connectivity index (χ0n) is 11.2. The first kappa shape index (κ1) is 15.0. The van der Waals surface area contributed by atoms with Crippen LogP contribution in [-0.2, 0) is 4.79 Å². The van der Waals surface area contributed by atoms with Gasteiger partial charge in [0.2, 0.25) is 0 Å². The first-order valence-electron chi connectivity index (χ1n) is 6.33. The van der Waals surface area contributed by atoms with Crippen molar-refractivity contribution in [3.63, 3.8) is 0 Å². The van der Waals surface area contributed by atoms with Crippen molar-refractivity contribution >= 4 is 61.3 Å². The quantitative estimate of drug-likeness (QED) is 0.704. The van der Waals surface area contributed by atoms with Crippen molar-refractivity contribution in [3.8, 4) is 5.75 Å². The third kappa shape index (κ3) is 2.60. The molecule has 1 aromatic carbocycles. The lowest BCUT2D eigenvalue weighted by atomic mass is 10.0. The van der Waals surface area contributed by atoms with E-state index in [4.69, 9.17) is 0 Å². The highest BCUT2D eigenvalue weighted by atomic mass is 79.9. The monoisotopic (exact) mass is 420 g/mol. The minimum Gasteiger partial charge on any atom is -0.506 e. The number of rotatable bonds is 2. The summed E-state index contributed by atoms with van der Waals surface area (Å²) in [5.74, 6) is 0.455. The molecule has 1 aliphatic heterocycles. The number of aromatic hydroxyl groups is 1. The van der Waals surface area contributed by atoms with Crippen LogP contribution in [0.2, 0.25) is 0 Å². The zero-order valence-corrected chi connectivity index (χ0v) is 14.4. The maximum Gasteiger partial charge on any atom is 0.257 e. The summed E-state index contributed by atoms with van der Waals surface area (Å²) in [4.78, 5) is 16.4. The standard InChI is InChI=1S/C16H10Br2N2O2/c1-2-8-3-10-11(16(22)20-15(10)19-7-8)4-9-5-12(17)14(21)13(18)6-9/h2-7,21H,1H2,(H,19,20,22). The van der Waals surface area contributed by atoms with E-state index in [0.29, 0.717) is 20.3 Å². The minimum atomic E-state index is -0.205. The van der Waals surface area contributed by atoms with Crippen LogP contribution in [-0.4, -0.2) is 16.0 Å². The predicted octanol–water partition coefficient (Wildman–Crippen LogP) is 4.45. The molecule has 1 aliphatic rings. The molecule has 0 saturated heterocycles. The van der Waals surface area contributed by atoms with E-state index in [-0.39, 0.29) is 11.7 Å². The van der Waals surface area contributed by atoms with E-state index in [2.05, 4.69) is 48.7 Å². The van der Waals surface area contributed by atoms with Gasteiger partial charge in [-0.25, -0.2) is 4.98 Å². The lowest BCUT2D eigenvalue weighted by molar-refractivity contribution is -0.110. The average molecular weight is 422 g/mol. The molecule has 3 rings (SSSR count). The second-order valence-corrected chi connectivity index (χ2v) is 6.42. The summed E-state index contributed by atoms with van der Waals surface area (Å²) < 4.78 is 1.09. The molecular formula is C16H10Br2N2O2. The van der Waals surface area contributed by atoms with Crippen LogP contribution in [0.4, 0.5) is 5.82 Å². The molecule has 2 aromatic rings.